The molecule has 0 atom stereocenters. The van der Waals surface area contributed by atoms with E-state index < -0.39 is 0 Å². The molecule has 1 aromatic rings. The van der Waals surface area contributed by atoms with Crippen LogP contribution in [0.5, 0.6) is 5.75 Å². The highest BCUT2D eigenvalue weighted by Gasteiger charge is 2.36. The van der Waals surface area contributed by atoms with E-state index in [0.29, 0.717) is 5.75 Å². The zero-order valence-electron chi connectivity index (χ0n) is 10.6. The topological polar surface area (TPSA) is 58.7 Å². The van der Waals surface area contributed by atoms with Crippen LogP contribution in [0.1, 0.15) is 24.8 Å². The van der Waals surface area contributed by atoms with Gasteiger partial charge in [0.15, 0.2) is 0 Å². The van der Waals surface area contributed by atoms with Crippen LogP contribution in [-0.4, -0.2) is 31.4 Å². The fourth-order valence-corrected chi connectivity index (χ4v) is 2.77. The smallest absolute Gasteiger partial charge is 0.120 e. The van der Waals surface area contributed by atoms with Gasteiger partial charge in [-0.15, -0.1) is 0 Å². The Labute approximate surface area is 107 Å². The van der Waals surface area contributed by atoms with Crippen molar-refractivity contribution in [2.75, 3.05) is 31.2 Å². The fourth-order valence-electron chi connectivity index (χ4n) is 2.77. The summed E-state index contributed by atoms with van der Waals surface area (Å²) >= 11 is 0. The predicted molar refractivity (Wildman–Crippen MR) is 70.9 cm³/mol. The SMILES string of the molecule is NC1(c2cc(N3CCOCC3)ccc2O)CCC1. The van der Waals surface area contributed by atoms with Gasteiger partial charge in [-0.05, 0) is 37.5 Å². The van der Waals surface area contributed by atoms with Crippen LogP contribution in [-0.2, 0) is 10.3 Å². The van der Waals surface area contributed by atoms with Crippen LogP contribution in [0, 0.1) is 0 Å². The van der Waals surface area contributed by atoms with Crippen LogP contribution < -0.4 is 10.6 Å². The van der Waals surface area contributed by atoms with E-state index in [1.54, 1.807) is 6.07 Å². The van der Waals surface area contributed by atoms with Gasteiger partial charge in [-0.1, -0.05) is 0 Å². The number of benzene rings is 1. The Morgan fingerprint density at radius 1 is 1.22 bits per heavy atom. The average molecular weight is 248 g/mol. The lowest BCUT2D eigenvalue weighted by atomic mass is 9.72. The van der Waals surface area contributed by atoms with E-state index in [2.05, 4.69) is 11.0 Å². The van der Waals surface area contributed by atoms with Gasteiger partial charge < -0.3 is 20.5 Å². The third kappa shape index (κ3) is 1.95. The summed E-state index contributed by atoms with van der Waals surface area (Å²) in [6.07, 6.45) is 3.08. The maximum atomic E-state index is 10.0. The minimum atomic E-state index is -0.313. The second-order valence-electron chi connectivity index (χ2n) is 5.31. The summed E-state index contributed by atoms with van der Waals surface area (Å²) in [5.41, 5.74) is 8.05. The second kappa shape index (κ2) is 4.44. The van der Waals surface area contributed by atoms with Gasteiger partial charge in [0.25, 0.3) is 0 Å². The molecule has 1 aliphatic heterocycles. The van der Waals surface area contributed by atoms with Crippen LogP contribution in [0.15, 0.2) is 18.2 Å². The van der Waals surface area contributed by atoms with E-state index in [9.17, 15) is 5.11 Å². The number of anilines is 1. The molecule has 18 heavy (non-hydrogen) atoms. The molecule has 0 spiro atoms. The number of phenolic OH excluding ortho intramolecular Hbond substituents is 1. The molecule has 1 saturated carbocycles. The number of morpholine rings is 1. The summed E-state index contributed by atoms with van der Waals surface area (Å²) in [5.74, 6) is 0.328. The lowest BCUT2D eigenvalue weighted by molar-refractivity contribution is 0.122. The molecular formula is C14H20N2O2. The number of aromatic hydroxyl groups is 1. The van der Waals surface area contributed by atoms with Crippen molar-refractivity contribution in [3.8, 4) is 5.75 Å². The molecule has 3 rings (SSSR count). The number of hydrogen-bond donors (Lipinski definition) is 2. The maximum Gasteiger partial charge on any atom is 0.120 e. The third-order valence-corrected chi connectivity index (χ3v) is 4.14. The van der Waals surface area contributed by atoms with E-state index in [0.717, 1.165) is 56.8 Å². The van der Waals surface area contributed by atoms with Crippen molar-refractivity contribution in [3.05, 3.63) is 23.8 Å². The van der Waals surface area contributed by atoms with Gasteiger partial charge in [-0.25, -0.2) is 0 Å². The maximum absolute atomic E-state index is 10.0. The first-order valence-electron chi connectivity index (χ1n) is 6.64. The Morgan fingerprint density at radius 2 is 1.94 bits per heavy atom. The van der Waals surface area contributed by atoms with Crippen molar-refractivity contribution in [2.45, 2.75) is 24.8 Å². The molecule has 4 nitrogen and oxygen atoms in total. The van der Waals surface area contributed by atoms with Crippen molar-refractivity contribution in [3.63, 3.8) is 0 Å². The molecule has 0 aromatic heterocycles. The second-order valence-corrected chi connectivity index (χ2v) is 5.31. The molecule has 2 aliphatic rings. The largest absolute Gasteiger partial charge is 0.508 e. The first kappa shape index (κ1) is 11.8. The van der Waals surface area contributed by atoms with Crippen LogP contribution in [0.4, 0.5) is 5.69 Å². The number of phenols is 1. The number of hydrogen-bond acceptors (Lipinski definition) is 4. The minimum Gasteiger partial charge on any atom is -0.508 e. The number of rotatable bonds is 2. The predicted octanol–water partition coefficient (Wildman–Crippen LogP) is 1.57. The fraction of sp³-hybridized carbons (Fsp3) is 0.571. The minimum absolute atomic E-state index is 0.313. The van der Waals surface area contributed by atoms with Crippen molar-refractivity contribution >= 4 is 5.69 Å². The number of nitrogens with zero attached hydrogens (tertiary/aromatic N) is 1. The molecule has 3 N–H and O–H groups in total. The average Bonchev–Trinajstić information content (AvgIpc) is 2.38. The molecule has 0 amide bonds. The van der Waals surface area contributed by atoms with E-state index in [4.69, 9.17) is 10.5 Å². The number of nitrogens with two attached hydrogens (primary N) is 1. The van der Waals surface area contributed by atoms with Gasteiger partial charge in [0.2, 0.25) is 0 Å². The lowest BCUT2D eigenvalue weighted by Gasteiger charge is -2.39. The van der Waals surface area contributed by atoms with Gasteiger partial charge in [-0.2, -0.15) is 0 Å². The molecule has 1 heterocycles. The van der Waals surface area contributed by atoms with Gasteiger partial charge in [-0.3, -0.25) is 0 Å². The lowest BCUT2D eigenvalue weighted by Crippen LogP contribution is -2.43. The van der Waals surface area contributed by atoms with Gasteiger partial charge >= 0.3 is 0 Å². The Balaban J connectivity index is 1.90. The van der Waals surface area contributed by atoms with Crippen molar-refractivity contribution in [2.24, 2.45) is 5.73 Å². The van der Waals surface area contributed by atoms with E-state index in [-0.39, 0.29) is 5.54 Å². The molecule has 0 bridgehead atoms. The highest BCUT2D eigenvalue weighted by molar-refractivity contribution is 5.55. The summed E-state index contributed by atoms with van der Waals surface area (Å²) in [4.78, 5) is 2.29. The summed E-state index contributed by atoms with van der Waals surface area (Å²) in [5, 5.41) is 10.0. The van der Waals surface area contributed by atoms with E-state index in [1.165, 1.54) is 0 Å². The van der Waals surface area contributed by atoms with Crippen LogP contribution in [0.25, 0.3) is 0 Å². The summed E-state index contributed by atoms with van der Waals surface area (Å²) in [6, 6.07) is 5.79. The van der Waals surface area contributed by atoms with Crippen LogP contribution >= 0.6 is 0 Å². The number of ether oxygens (including phenoxy) is 1. The van der Waals surface area contributed by atoms with Crippen molar-refractivity contribution in [1.82, 2.24) is 0 Å². The van der Waals surface area contributed by atoms with E-state index >= 15 is 0 Å². The molecule has 0 radical (unpaired) electrons. The molecule has 2 fully saturated rings. The van der Waals surface area contributed by atoms with Gasteiger partial charge in [0.1, 0.15) is 5.75 Å². The highest BCUT2D eigenvalue weighted by atomic mass is 16.5. The van der Waals surface area contributed by atoms with Gasteiger partial charge in [0.05, 0.1) is 13.2 Å². The first-order valence-corrected chi connectivity index (χ1v) is 6.64. The quantitative estimate of drug-likeness (QED) is 0.834. The van der Waals surface area contributed by atoms with E-state index in [1.807, 2.05) is 6.07 Å². The van der Waals surface area contributed by atoms with Crippen molar-refractivity contribution < 1.29 is 9.84 Å². The molecule has 98 valence electrons. The highest BCUT2D eigenvalue weighted by Crippen LogP contribution is 2.43. The van der Waals surface area contributed by atoms with Crippen LogP contribution in [0.3, 0.4) is 0 Å². The van der Waals surface area contributed by atoms with Gasteiger partial charge in [0, 0.05) is 29.9 Å². The Morgan fingerprint density at radius 3 is 2.56 bits per heavy atom. The molecule has 1 aromatic carbocycles. The van der Waals surface area contributed by atoms with Crippen molar-refractivity contribution in [1.29, 1.82) is 0 Å². The Kier molecular flexibility index (Phi) is 2.92. The van der Waals surface area contributed by atoms with Crippen LogP contribution in [0.2, 0.25) is 0 Å². The summed E-state index contributed by atoms with van der Waals surface area (Å²) < 4.78 is 5.36. The molecule has 4 heteroatoms. The molecule has 1 aliphatic carbocycles. The molecular weight excluding hydrogens is 228 g/mol. The zero-order valence-corrected chi connectivity index (χ0v) is 10.6. The molecule has 1 saturated heterocycles. The summed E-state index contributed by atoms with van der Waals surface area (Å²) in [6.45, 7) is 3.34. The normalized spacial score (nSPS) is 22.6. The Bertz CT molecular complexity index is 437. The first-order chi connectivity index (χ1) is 8.69. The standard InChI is InChI=1S/C14H20N2O2/c15-14(4-1-5-14)12-10-11(2-3-13(12)17)16-6-8-18-9-7-16/h2-3,10,17H,1,4-9,15H2. The monoisotopic (exact) mass is 248 g/mol. The molecule has 0 unspecified atom stereocenters. The zero-order chi connectivity index (χ0) is 12.6. The Hall–Kier alpha value is -1.26. The summed E-state index contributed by atoms with van der Waals surface area (Å²) in [7, 11) is 0. The third-order valence-electron chi connectivity index (χ3n) is 4.14.